The molecule has 1 aromatic carbocycles. The fourth-order valence-corrected chi connectivity index (χ4v) is 4.50. The summed E-state index contributed by atoms with van der Waals surface area (Å²) >= 11 is 0. The summed E-state index contributed by atoms with van der Waals surface area (Å²) in [7, 11) is 4.29. The molecule has 5 rings (SSSR count). The summed E-state index contributed by atoms with van der Waals surface area (Å²) in [6, 6.07) is 6.54. The normalized spacial score (nSPS) is 13.9. The molecular formula is C28H29F3N6O3. The number of aromatic nitrogens is 6. The van der Waals surface area contributed by atoms with Crippen molar-refractivity contribution in [1.29, 1.82) is 0 Å². The lowest BCUT2D eigenvalue weighted by Crippen LogP contribution is -2.19. The molecule has 1 saturated carbocycles. The van der Waals surface area contributed by atoms with Crippen LogP contribution >= 0.6 is 0 Å². The molecule has 3 aromatic heterocycles. The lowest BCUT2D eigenvalue weighted by Gasteiger charge is -2.18. The average Bonchev–Trinajstić information content (AvgIpc) is 3.69. The summed E-state index contributed by atoms with van der Waals surface area (Å²) in [6.45, 7) is 1.79. The van der Waals surface area contributed by atoms with Crippen LogP contribution in [-0.4, -0.2) is 49.7 Å². The van der Waals surface area contributed by atoms with E-state index in [0.717, 1.165) is 24.7 Å². The average molecular weight is 555 g/mol. The number of hydrogen-bond acceptors (Lipinski definition) is 8. The molecule has 0 spiro atoms. The van der Waals surface area contributed by atoms with Gasteiger partial charge in [-0.05, 0) is 30.9 Å². The highest BCUT2D eigenvalue weighted by Crippen LogP contribution is 2.45. The number of imidazole rings is 1. The number of methoxy groups -OCH3 is 2. The number of nitrogens with zero attached hydrogens (tertiary/aromatic N) is 6. The summed E-state index contributed by atoms with van der Waals surface area (Å²) in [5.74, 6) is -0.392. The molecule has 0 bridgehead atoms. The predicted octanol–water partition coefficient (Wildman–Crippen LogP) is 5.49. The number of carbonyl (C=O) groups excluding carboxylic acids is 1. The second kappa shape index (κ2) is 11.0. The lowest BCUT2D eigenvalue weighted by molar-refractivity contribution is -0.142. The summed E-state index contributed by atoms with van der Waals surface area (Å²) in [4.78, 5) is 34.8. The molecule has 40 heavy (non-hydrogen) atoms. The second-order valence-electron chi connectivity index (χ2n) is 9.32. The van der Waals surface area contributed by atoms with Crippen molar-refractivity contribution in [3.8, 4) is 28.7 Å². The summed E-state index contributed by atoms with van der Waals surface area (Å²) in [6.07, 6.45) is 1.43. The Balaban J connectivity index is 0.00000370. The predicted molar refractivity (Wildman–Crippen MR) is 141 cm³/mol. The van der Waals surface area contributed by atoms with E-state index in [1.807, 2.05) is 0 Å². The molecule has 9 nitrogen and oxygen atoms in total. The molecule has 1 unspecified atom stereocenters. The van der Waals surface area contributed by atoms with E-state index < -0.39 is 23.8 Å². The standard InChI is InChI=1S/C27H25F3N6O3.CH4/c1-14-11-31-23(20-22(16-7-8-16)32-13-33-25(20)38-3)35-21(14)19(26(37)39-4)15-5-9-17(10-6-15)24-34-18(12-36(24)2)27(28,29)30;/h5-6,9-13,16,19H,7-8H2,1-4H3;1H4. The van der Waals surface area contributed by atoms with Gasteiger partial charge in [0.05, 0.1) is 25.6 Å². The maximum absolute atomic E-state index is 13.1. The first-order valence-electron chi connectivity index (χ1n) is 12.1. The van der Waals surface area contributed by atoms with Gasteiger partial charge < -0.3 is 14.0 Å². The van der Waals surface area contributed by atoms with Crippen LogP contribution in [0.15, 0.2) is 43.0 Å². The molecule has 0 N–H and O–H groups in total. The molecule has 4 aromatic rings. The SMILES string of the molecule is C.COC(=O)C(c1ccc(-c2nc(C(F)(F)F)cn2C)cc1)c1nc(-c2c(OC)ncnc2C2CC2)ncc1C. The highest BCUT2D eigenvalue weighted by atomic mass is 19.4. The van der Waals surface area contributed by atoms with Crippen molar-refractivity contribution in [2.24, 2.45) is 7.05 Å². The highest BCUT2D eigenvalue weighted by Gasteiger charge is 2.35. The summed E-state index contributed by atoms with van der Waals surface area (Å²) in [5, 5.41) is 0. The van der Waals surface area contributed by atoms with Crippen LogP contribution in [0.5, 0.6) is 5.88 Å². The number of esters is 1. The Morgan fingerprint density at radius 1 is 1.07 bits per heavy atom. The van der Waals surface area contributed by atoms with Crippen LogP contribution in [0.25, 0.3) is 22.8 Å². The number of halogens is 3. The Kier molecular flexibility index (Phi) is 7.90. The van der Waals surface area contributed by atoms with Crippen molar-refractivity contribution in [3.63, 3.8) is 0 Å². The molecule has 12 heteroatoms. The van der Waals surface area contributed by atoms with Gasteiger partial charge in [0.15, 0.2) is 11.5 Å². The van der Waals surface area contributed by atoms with Gasteiger partial charge in [-0.1, -0.05) is 31.7 Å². The number of ether oxygens (including phenoxy) is 2. The van der Waals surface area contributed by atoms with E-state index >= 15 is 0 Å². The minimum Gasteiger partial charge on any atom is -0.480 e. The molecule has 1 fully saturated rings. The zero-order valence-corrected chi connectivity index (χ0v) is 21.7. The number of hydrogen-bond donors (Lipinski definition) is 0. The van der Waals surface area contributed by atoms with Crippen molar-refractivity contribution in [2.75, 3.05) is 14.2 Å². The van der Waals surface area contributed by atoms with E-state index in [2.05, 4.69) is 19.9 Å². The van der Waals surface area contributed by atoms with E-state index in [1.54, 1.807) is 37.4 Å². The number of rotatable bonds is 7. The maximum atomic E-state index is 13.1. The second-order valence-corrected chi connectivity index (χ2v) is 9.32. The number of benzene rings is 1. The van der Waals surface area contributed by atoms with Crippen LogP contribution in [0, 0.1) is 6.92 Å². The number of alkyl halides is 3. The van der Waals surface area contributed by atoms with Crippen LogP contribution in [0.3, 0.4) is 0 Å². The smallest absolute Gasteiger partial charge is 0.434 e. The molecule has 1 aliphatic carbocycles. The zero-order valence-electron chi connectivity index (χ0n) is 21.7. The molecule has 1 aliphatic rings. The highest BCUT2D eigenvalue weighted by molar-refractivity contribution is 5.82. The zero-order chi connectivity index (χ0) is 27.9. The summed E-state index contributed by atoms with van der Waals surface area (Å²) < 4.78 is 51.3. The Morgan fingerprint density at radius 2 is 1.77 bits per heavy atom. The van der Waals surface area contributed by atoms with Gasteiger partial charge in [0.2, 0.25) is 5.88 Å². The molecular weight excluding hydrogens is 525 g/mol. The number of carbonyl (C=O) groups is 1. The van der Waals surface area contributed by atoms with Gasteiger partial charge in [-0.15, -0.1) is 0 Å². The van der Waals surface area contributed by atoms with E-state index in [0.29, 0.717) is 39.7 Å². The Hall–Kier alpha value is -4.35. The van der Waals surface area contributed by atoms with E-state index in [9.17, 15) is 18.0 Å². The van der Waals surface area contributed by atoms with Gasteiger partial charge in [-0.2, -0.15) is 13.2 Å². The van der Waals surface area contributed by atoms with Crippen LogP contribution in [-0.2, 0) is 22.8 Å². The lowest BCUT2D eigenvalue weighted by atomic mass is 9.92. The molecule has 0 aliphatic heterocycles. The molecule has 1 atom stereocenters. The summed E-state index contributed by atoms with van der Waals surface area (Å²) in [5.41, 5.74) is 2.47. The van der Waals surface area contributed by atoms with Crippen molar-refractivity contribution in [3.05, 3.63) is 71.2 Å². The van der Waals surface area contributed by atoms with Gasteiger partial charge in [0.1, 0.15) is 23.6 Å². The first-order valence-corrected chi connectivity index (χ1v) is 12.1. The monoisotopic (exact) mass is 554 g/mol. The van der Waals surface area contributed by atoms with Gasteiger partial charge in [-0.25, -0.2) is 24.9 Å². The van der Waals surface area contributed by atoms with Crippen molar-refractivity contribution in [1.82, 2.24) is 29.5 Å². The molecule has 0 amide bonds. The van der Waals surface area contributed by atoms with Crippen molar-refractivity contribution < 1.29 is 27.4 Å². The topological polar surface area (TPSA) is 105 Å². The quantitative estimate of drug-likeness (QED) is 0.276. The third kappa shape index (κ3) is 5.38. The molecule has 0 radical (unpaired) electrons. The maximum Gasteiger partial charge on any atom is 0.434 e. The minimum absolute atomic E-state index is 0. The fourth-order valence-electron chi connectivity index (χ4n) is 4.50. The van der Waals surface area contributed by atoms with Gasteiger partial charge in [0, 0.05) is 30.9 Å². The largest absolute Gasteiger partial charge is 0.480 e. The van der Waals surface area contributed by atoms with Gasteiger partial charge in [0.25, 0.3) is 0 Å². The van der Waals surface area contributed by atoms with Crippen molar-refractivity contribution >= 4 is 5.97 Å². The molecule has 0 saturated heterocycles. The van der Waals surface area contributed by atoms with Crippen LogP contribution in [0.1, 0.15) is 60.3 Å². The van der Waals surface area contributed by atoms with Crippen molar-refractivity contribution in [2.45, 2.75) is 45.2 Å². The minimum atomic E-state index is -4.56. The van der Waals surface area contributed by atoms with Crippen LogP contribution < -0.4 is 4.74 Å². The molecule has 3 heterocycles. The first-order chi connectivity index (χ1) is 18.6. The number of aryl methyl sites for hydroxylation is 2. The van der Waals surface area contributed by atoms with Crippen LogP contribution in [0.2, 0.25) is 0 Å². The Bertz CT molecular complexity index is 1530. The van der Waals surface area contributed by atoms with Gasteiger partial charge in [-0.3, -0.25) is 4.79 Å². The third-order valence-electron chi connectivity index (χ3n) is 6.61. The van der Waals surface area contributed by atoms with E-state index in [1.165, 1.54) is 32.2 Å². The molecule has 210 valence electrons. The van der Waals surface area contributed by atoms with Gasteiger partial charge >= 0.3 is 12.1 Å². The Morgan fingerprint density at radius 3 is 2.35 bits per heavy atom. The first kappa shape index (κ1) is 28.7. The van der Waals surface area contributed by atoms with Crippen LogP contribution in [0.4, 0.5) is 13.2 Å². The fraction of sp³-hybridized carbons (Fsp3) is 0.357. The van der Waals surface area contributed by atoms with E-state index in [-0.39, 0.29) is 19.2 Å². The Labute approximate surface area is 229 Å². The third-order valence-corrected chi connectivity index (χ3v) is 6.61. The van der Waals surface area contributed by atoms with E-state index in [4.69, 9.17) is 14.5 Å².